The smallest absolute Gasteiger partial charge is 0.221 e. The number of carbonyl (C=O) groups excluding carboxylic acids is 1. The third-order valence-corrected chi connectivity index (χ3v) is 4.39. The van der Waals surface area contributed by atoms with Crippen LogP contribution >= 0.6 is 0 Å². The van der Waals surface area contributed by atoms with Gasteiger partial charge in [-0.05, 0) is 29.8 Å². The lowest BCUT2D eigenvalue weighted by Crippen LogP contribution is -2.32. The fourth-order valence-electron chi connectivity index (χ4n) is 3.03. The minimum absolute atomic E-state index is 0.253. The zero-order valence-corrected chi connectivity index (χ0v) is 16.8. The number of nitrogens with one attached hydrogen (secondary N) is 1. The topological polar surface area (TPSA) is 149 Å². The lowest BCUT2D eigenvalue weighted by molar-refractivity contribution is -0.114. The van der Waals surface area contributed by atoms with Crippen molar-refractivity contribution in [3.8, 4) is 0 Å². The molecule has 0 atom stereocenters. The molecule has 9 heteroatoms. The summed E-state index contributed by atoms with van der Waals surface area (Å²) in [5.41, 5.74) is 15.5. The molecule has 9 nitrogen and oxygen atoms in total. The summed E-state index contributed by atoms with van der Waals surface area (Å²) in [5.74, 6) is 6.38. The summed E-state index contributed by atoms with van der Waals surface area (Å²) in [6.07, 6.45) is 4.69. The molecule has 154 valence electrons. The molecule has 0 aliphatic heterocycles. The lowest BCUT2D eigenvalue weighted by atomic mass is 10.1. The number of allylic oxidation sites excluding steroid dienone is 1. The van der Waals surface area contributed by atoms with Crippen LogP contribution in [0.15, 0.2) is 53.8 Å². The van der Waals surface area contributed by atoms with Crippen LogP contribution in [0.3, 0.4) is 0 Å². The first-order valence-corrected chi connectivity index (χ1v) is 9.21. The number of aromatic nitrogens is 2. The third-order valence-electron chi connectivity index (χ3n) is 4.39. The predicted molar refractivity (Wildman–Crippen MR) is 122 cm³/mol. The maximum Gasteiger partial charge on any atom is 0.221 e. The van der Waals surface area contributed by atoms with Gasteiger partial charge in [-0.15, -0.1) is 0 Å². The fraction of sp³-hybridized carbons (Fsp3) is 0.143. The van der Waals surface area contributed by atoms with Gasteiger partial charge < -0.3 is 16.8 Å². The second-order valence-electron chi connectivity index (χ2n) is 6.64. The Balaban J connectivity index is 2.01. The predicted octanol–water partition coefficient (Wildman–Crippen LogP) is 2.05. The van der Waals surface area contributed by atoms with Gasteiger partial charge in [0.05, 0.1) is 23.4 Å². The molecule has 1 aromatic carbocycles. The van der Waals surface area contributed by atoms with Crippen molar-refractivity contribution in [1.29, 1.82) is 0 Å². The quantitative estimate of drug-likeness (QED) is 0.279. The highest BCUT2D eigenvalue weighted by atomic mass is 16.1. The summed E-state index contributed by atoms with van der Waals surface area (Å²) in [6.45, 7) is 1.74. The van der Waals surface area contributed by atoms with Crippen LogP contribution in [0.25, 0.3) is 16.5 Å². The first kappa shape index (κ1) is 20.7. The van der Waals surface area contributed by atoms with Crippen LogP contribution in [0, 0.1) is 0 Å². The average Bonchev–Trinajstić information content (AvgIpc) is 2.73. The van der Waals surface area contributed by atoms with Gasteiger partial charge in [-0.25, -0.2) is 10.8 Å². The molecule has 7 N–H and O–H groups in total. The van der Waals surface area contributed by atoms with Crippen LogP contribution in [0.1, 0.15) is 18.2 Å². The van der Waals surface area contributed by atoms with Gasteiger partial charge in [0.2, 0.25) is 5.91 Å². The summed E-state index contributed by atoms with van der Waals surface area (Å²) in [4.78, 5) is 24.5. The summed E-state index contributed by atoms with van der Waals surface area (Å²) < 4.78 is 0. The van der Waals surface area contributed by atoms with Gasteiger partial charge in [-0.3, -0.25) is 19.8 Å². The number of hydrazine groups is 1. The minimum atomic E-state index is -0.266. The van der Waals surface area contributed by atoms with Gasteiger partial charge in [-0.1, -0.05) is 12.1 Å². The normalized spacial score (nSPS) is 11.8. The van der Waals surface area contributed by atoms with E-state index < -0.39 is 0 Å². The minimum Gasteiger partial charge on any atom is -0.404 e. The van der Waals surface area contributed by atoms with E-state index in [0.29, 0.717) is 29.3 Å². The van der Waals surface area contributed by atoms with Crippen molar-refractivity contribution in [2.24, 2.45) is 16.6 Å². The standard InChI is InChI=1S/C21H24N8O/c1-13(30)27-19-9-18(16(10-22)11-25-2)28-21(20(19)23)29(24)12-14-5-6-17-15(8-14)4-3-7-26-17/h3-11H,12,22-24H2,1-2H3,(H,27,28,30). The fourth-order valence-corrected chi connectivity index (χ4v) is 3.03. The summed E-state index contributed by atoms with van der Waals surface area (Å²) in [5, 5.41) is 5.14. The van der Waals surface area contributed by atoms with Crippen molar-refractivity contribution in [2.45, 2.75) is 13.5 Å². The molecule has 0 saturated carbocycles. The molecule has 0 saturated heterocycles. The number of rotatable bonds is 6. The van der Waals surface area contributed by atoms with E-state index in [1.165, 1.54) is 18.1 Å². The lowest BCUT2D eigenvalue weighted by Gasteiger charge is -2.22. The summed E-state index contributed by atoms with van der Waals surface area (Å²) in [6, 6.07) is 11.4. The number of nitrogens with two attached hydrogens (primary N) is 3. The number of amides is 1. The van der Waals surface area contributed by atoms with Crippen LogP contribution in [0.2, 0.25) is 0 Å². The molecular weight excluding hydrogens is 380 g/mol. The van der Waals surface area contributed by atoms with E-state index in [0.717, 1.165) is 16.5 Å². The Morgan fingerprint density at radius 1 is 1.30 bits per heavy atom. The van der Waals surface area contributed by atoms with Gasteiger partial charge in [0.1, 0.15) is 5.69 Å². The number of anilines is 3. The van der Waals surface area contributed by atoms with E-state index in [4.69, 9.17) is 17.3 Å². The Morgan fingerprint density at radius 3 is 2.80 bits per heavy atom. The number of hydrogen-bond donors (Lipinski definition) is 4. The van der Waals surface area contributed by atoms with Gasteiger partial charge >= 0.3 is 0 Å². The molecule has 3 rings (SSSR count). The number of pyridine rings is 2. The van der Waals surface area contributed by atoms with Crippen LogP contribution in [0.4, 0.5) is 17.2 Å². The Labute approximate surface area is 174 Å². The monoisotopic (exact) mass is 404 g/mol. The van der Waals surface area contributed by atoms with Crippen molar-refractivity contribution in [3.63, 3.8) is 0 Å². The summed E-state index contributed by atoms with van der Waals surface area (Å²) in [7, 11) is 1.63. The molecule has 0 unspecified atom stereocenters. The van der Waals surface area contributed by atoms with E-state index in [1.807, 2.05) is 30.3 Å². The van der Waals surface area contributed by atoms with Gasteiger partial charge in [-0.2, -0.15) is 0 Å². The Bertz CT molecular complexity index is 1140. The molecule has 2 heterocycles. The van der Waals surface area contributed by atoms with Crippen molar-refractivity contribution < 1.29 is 4.79 Å². The Morgan fingerprint density at radius 2 is 2.10 bits per heavy atom. The van der Waals surface area contributed by atoms with Gasteiger partial charge in [0.25, 0.3) is 0 Å². The third kappa shape index (κ3) is 4.53. The van der Waals surface area contributed by atoms with Crippen LogP contribution in [-0.4, -0.2) is 29.1 Å². The molecule has 3 aromatic rings. The molecule has 0 fully saturated rings. The molecule has 0 radical (unpaired) electrons. The number of carbonyl (C=O) groups is 1. The molecule has 0 spiro atoms. The zero-order valence-electron chi connectivity index (χ0n) is 16.8. The number of benzene rings is 1. The highest BCUT2D eigenvalue weighted by Crippen LogP contribution is 2.31. The molecule has 0 bridgehead atoms. The molecule has 2 aromatic heterocycles. The number of nitrogen functional groups attached to an aromatic ring is 1. The maximum absolute atomic E-state index is 11.6. The number of nitrogens with zero attached hydrogens (tertiary/aromatic N) is 4. The van der Waals surface area contributed by atoms with E-state index in [2.05, 4.69) is 20.3 Å². The Kier molecular flexibility index (Phi) is 6.23. The molecule has 30 heavy (non-hydrogen) atoms. The largest absolute Gasteiger partial charge is 0.404 e. The van der Waals surface area contributed by atoms with E-state index in [9.17, 15) is 4.79 Å². The van der Waals surface area contributed by atoms with E-state index in [-0.39, 0.29) is 11.6 Å². The van der Waals surface area contributed by atoms with E-state index in [1.54, 1.807) is 25.5 Å². The molecular formula is C21H24N8O. The first-order valence-electron chi connectivity index (χ1n) is 9.21. The summed E-state index contributed by atoms with van der Waals surface area (Å²) >= 11 is 0. The van der Waals surface area contributed by atoms with Crippen molar-refractivity contribution in [3.05, 3.63) is 60.1 Å². The second kappa shape index (κ2) is 9.01. The Hall–Kier alpha value is -3.98. The molecule has 0 aliphatic rings. The van der Waals surface area contributed by atoms with Gasteiger partial charge in [0, 0.05) is 43.5 Å². The highest BCUT2D eigenvalue weighted by Gasteiger charge is 2.17. The van der Waals surface area contributed by atoms with Crippen LogP contribution in [-0.2, 0) is 11.3 Å². The highest BCUT2D eigenvalue weighted by molar-refractivity contribution is 6.10. The van der Waals surface area contributed by atoms with E-state index >= 15 is 0 Å². The average molecular weight is 404 g/mol. The number of fused-ring (bicyclic) bond motifs is 1. The molecule has 1 amide bonds. The zero-order chi connectivity index (χ0) is 21.7. The van der Waals surface area contributed by atoms with Gasteiger partial charge in [0.15, 0.2) is 5.82 Å². The maximum atomic E-state index is 11.6. The number of aliphatic imine (C=N–C) groups is 1. The SMILES string of the molecule is CN=CC(=CN)c1cc(NC(C)=O)c(N)c(N(N)Cc2ccc3ncccc3c2)n1. The molecule has 0 aliphatic carbocycles. The first-order chi connectivity index (χ1) is 14.4. The van der Waals surface area contributed by atoms with Crippen molar-refractivity contribution in [1.82, 2.24) is 9.97 Å². The van der Waals surface area contributed by atoms with Crippen LogP contribution < -0.4 is 27.6 Å². The van der Waals surface area contributed by atoms with Crippen molar-refractivity contribution >= 4 is 45.8 Å². The number of hydrogen-bond acceptors (Lipinski definition) is 8. The van der Waals surface area contributed by atoms with Crippen LogP contribution in [0.5, 0.6) is 0 Å². The second-order valence-corrected chi connectivity index (χ2v) is 6.64. The van der Waals surface area contributed by atoms with Crippen molar-refractivity contribution in [2.75, 3.05) is 23.1 Å².